The van der Waals surface area contributed by atoms with Crippen molar-refractivity contribution in [3.05, 3.63) is 64.7 Å². The summed E-state index contributed by atoms with van der Waals surface area (Å²) in [5.41, 5.74) is 1.45. The zero-order valence-corrected chi connectivity index (χ0v) is 19.1. The first-order valence-electron chi connectivity index (χ1n) is 10.2. The van der Waals surface area contributed by atoms with Crippen molar-refractivity contribution in [3.8, 4) is 5.75 Å². The fourth-order valence-electron chi connectivity index (χ4n) is 3.48. The molecule has 0 N–H and O–H groups in total. The summed E-state index contributed by atoms with van der Waals surface area (Å²) in [5.74, 6) is 0.248. The second-order valence-electron chi connectivity index (χ2n) is 7.37. The number of aromatic nitrogens is 4. The van der Waals surface area contributed by atoms with Gasteiger partial charge in [0.1, 0.15) is 5.75 Å². The minimum atomic E-state index is -0.436. The number of imide groups is 1. The number of nitrogens with zero attached hydrogens (tertiary/aromatic N) is 5. The predicted molar refractivity (Wildman–Crippen MR) is 121 cm³/mol. The van der Waals surface area contributed by atoms with Gasteiger partial charge in [-0.1, -0.05) is 41.9 Å². The van der Waals surface area contributed by atoms with Gasteiger partial charge in [0.05, 0.1) is 18.9 Å². The van der Waals surface area contributed by atoms with Crippen LogP contribution in [0, 0.1) is 0 Å². The van der Waals surface area contributed by atoms with Gasteiger partial charge in [0.25, 0.3) is 5.91 Å². The summed E-state index contributed by atoms with van der Waals surface area (Å²) in [5, 5.41) is 12.6. The normalized spacial score (nSPS) is 16.6. The first kappa shape index (κ1) is 22.3. The van der Waals surface area contributed by atoms with Gasteiger partial charge in [0, 0.05) is 17.1 Å². The van der Waals surface area contributed by atoms with Crippen LogP contribution in [0.25, 0.3) is 0 Å². The standard InChI is InChI=1S/C22H22ClN5O3S/c1-31-18-11-5-15(6-12-18)14-28-22(24-25-26-28)32-19-4-2-3-13-27(21(19)30)20(29)16-7-9-17(23)10-8-16/h5-12,19H,2-4,13-14H2,1H3/t19-/m0/s1. The SMILES string of the molecule is COc1ccc(Cn2nnnc2S[C@H]2CCCCN(C(=O)c3ccc(Cl)cc3)C2=O)cc1. The van der Waals surface area contributed by atoms with Gasteiger partial charge in [-0.2, -0.15) is 0 Å². The largest absolute Gasteiger partial charge is 0.497 e. The summed E-state index contributed by atoms with van der Waals surface area (Å²) in [6.07, 6.45) is 2.26. The van der Waals surface area contributed by atoms with Crippen LogP contribution >= 0.6 is 23.4 Å². The average Bonchev–Trinajstić information content (AvgIpc) is 3.16. The van der Waals surface area contributed by atoms with Crippen LogP contribution in [0.2, 0.25) is 5.02 Å². The fourth-order valence-corrected chi connectivity index (χ4v) is 4.68. The number of hydrogen-bond donors (Lipinski definition) is 0. The van der Waals surface area contributed by atoms with Gasteiger partial charge in [-0.3, -0.25) is 14.5 Å². The number of halogens is 1. The molecular formula is C22H22ClN5O3S. The van der Waals surface area contributed by atoms with E-state index in [-0.39, 0.29) is 11.8 Å². The molecule has 32 heavy (non-hydrogen) atoms. The Kier molecular flexibility index (Phi) is 7.06. The van der Waals surface area contributed by atoms with E-state index in [4.69, 9.17) is 16.3 Å². The van der Waals surface area contributed by atoms with Crippen molar-refractivity contribution in [1.29, 1.82) is 0 Å². The Morgan fingerprint density at radius 3 is 2.62 bits per heavy atom. The lowest BCUT2D eigenvalue weighted by Crippen LogP contribution is -2.41. The molecule has 1 atom stereocenters. The minimum absolute atomic E-state index is 0.216. The molecule has 0 aliphatic carbocycles. The predicted octanol–water partition coefficient (Wildman–Crippen LogP) is 3.70. The number of hydrogen-bond acceptors (Lipinski definition) is 7. The Morgan fingerprint density at radius 2 is 1.91 bits per heavy atom. The minimum Gasteiger partial charge on any atom is -0.497 e. The van der Waals surface area contributed by atoms with E-state index < -0.39 is 5.25 Å². The molecule has 1 fully saturated rings. The molecule has 2 aromatic carbocycles. The van der Waals surface area contributed by atoms with Crippen LogP contribution in [0.5, 0.6) is 5.75 Å². The Labute approximate surface area is 194 Å². The first-order chi connectivity index (χ1) is 15.5. The molecular weight excluding hydrogens is 450 g/mol. The van der Waals surface area contributed by atoms with Crippen LogP contribution in [-0.4, -0.2) is 55.8 Å². The molecule has 3 aromatic rings. The van der Waals surface area contributed by atoms with Gasteiger partial charge in [-0.05, 0) is 65.2 Å². The zero-order chi connectivity index (χ0) is 22.5. The topological polar surface area (TPSA) is 90.2 Å². The molecule has 1 saturated heterocycles. The number of amides is 2. The summed E-state index contributed by atoms with van der Waals surface area (Å²) in [4.78, 5) is 27.6. The van der Waals surface area contributed by atoms with E-state index in [0.717, 1.165) is 24.2 Å². The van der Waals surface area contributed by atoms with Crippen LogP contribution in [0.15, 0.2) is 53.7 Å². The lowest BCUT2D eigenvalue weighted by Gasteiger charge is -2.22. The molecule has 0 unspecified atom stereocenters. The molecule has 0 radical (unpaired) electrons. The molecule has 10 heteroatoms. The highest BCUT2D eigenvalue weighted by Gasteiger charge is 2.33. The maximum absolute atomic E-state index is 13.3. The fraction of sp³-hybridized carbons (Fsp3) is 0.318. The van der Waals surface area contributed by atoms with Gasteiger partial charge in [-0.15, -0.1) is 5.10 Å². The van der Waals surface area contributed by atoms with Crippen LogP contribution in [0.1, 0.15) is 35.2 Å². The number of carbonyl (C=O) groups is 2. The van der Waals surface area contributed by atoms with Crippen molar-refractivity contribution in [2.45, 2.75) is 36.2 Å². The maximum atomic E-state index is 13.3. The van der Waals surface area contributed by atoms with Crippen molar-refractivity contribution in [3.63, 3.8) is 0 Å². The molecule has 8 nitrogen and oxygen atoms in total. The molecule has 2 heterocycles. The van der Waals surface area contributed by atoms with Crippen molar-refractivity contribution in [2.75, 3.05) is 13.7 Å². The van der Waals surface area contributed by atoms with Gasteiger partial charge in [0.2, 0.25) is 11.1 Å². The number of likely N-dealkylation sites (tertiary alicyclic amines) is 1. The van der Waals surface area contributed by atoms with E-state index in [0.29, 0.717) is 35.3 Å². The van der Waals surface area contributed by atoms with E-state index in [1.807, 2.05) is 24.3 Å². The number of benzene rings is 2. The second kappa shape index (κ2) is 10.1. The third kappa shape index (κ3) is 5.11. The lowest BCUT2D eigenvalue weighted by atomic mass is 10.2. The van der Waals surface area contributed by atoms with E-state index >= 15 is 0 Å². The van der Waals surface area contributed by atoms with E-state index in [2.05, 4.69) is 15.5 Å². The van der Waals surface area contributed by atoms with E-state index in [9.17, 15) is 9.59 Å². The summed E-state index contributed by atoms with van der Waals surface area (Å²) in [6, 6.07) is 14.2. The number of tetrazole rings is 1. The Morgan fingerprint density at radius 1 is 1.16 bits per heavy atom. The highest BCUT2D eigenvalue weighted by atomic mass is 35.5. The molecule has 1 aliphatic heterocycles. The molecule has 0 spiro atoms. The smallest absolute Gasteiger partial charge is 0.260 e. The summed E-state index contributed by atoms with van der Waals surface area (Å²) in [6.45, 7) is 0.863. The van der Waals surface area contributed by atoms with E-state index in [1.54, 1.807) is 36.1 Å². The highest BCUT2D eigenvalue weighted by Crippen LogP contribution is 2.29. The number of methoxy groups -OCH3 is 1. The van der Waals surface area contributed by atoms with Gasteiger partial charge in [-0.25, -0.2) is 4.68 Å². The van der Waals surface area contributed by atoms with Gasteiger partial charge < -0.3 is 4.74 Å². The lowest BCUT2D eigenvalue weighted by molar-refractivity contribution is -0.127. The van der Waals surface area contributed by atoms with Crippen LogP contribution in [0.3, 0.4) is 0 Å². The second-order valence-corrected chi connectivity index (χ2v) is 8.98. The highest BCUT2D eigenvalue weighted by molar-refractivity contribution is 8.00. The van der Waals surface area contributed by atoms with Crippen molar-refractivity contribution in [1.82, 2.24) is 25.1 Å². The number of rotatable bonds is 6. The van der Waals surface area contributed by atoms with Gasteiger partial charge in [0.15, 0.2) is 0 Å². The van der Waals surface area contributed by atoms with Gasteiger partial charge >= 0.3 is 0 Å². The molecule has 1 aromatic heterocycles. The quantitative estimate of drug-likeness (QED) is 0.506. The number of ether oxygens (including phenoxy) is 1. The number of carbonyl (C=O) groups excluding carboxylic acids is 2. The molecule has 0 saturated carbocycles. The van der Waals surface area contributed by atoms with E-state index in [1.165, 1.54) is 16.7 Å². The number of thioether (sulfide) groups is 1. The molecule has 1 aliphatic rings. The molecule has 0 bridgehead atoms. The molecule has 166 valence electrons. The molecule has 2 amide bonds. The Hall–Kier alpha value is -2.91. The Bertz CT molecular complexity index is 1090. The van der Waals surface area contributed by atoms with Crippen LogP contribution in [-0.2, 0) is 11.3 Å². The maximum Gasteiger partial charge on any atom is 0.260 e. The third-order valence-corrected chi connectivity index (χ3v) is 6.69. The van der Waals surface area contributed by atoms with Crippen LogP contribution in [0.4, 0.5) is 0 Å². The Balaban J connectivity index is 1.49. The van der Waals surface area contributed by atoms with Crippen molar-refractivity contribution < 1.29 is 14.3 Å². The van der Waals surface area contributed by atoms with Crippen molar-refractivity contribution in [2.24, 2.45) is 0 Å². The summed E-state index contributed by atoms with van der Waals surface area (Å²) in [7, 11) is 1.62. The average molecular weight is 472 g/mol. The first-order valence-corrected chi connectivity index (χ1v) is 11.5. The molecule has 4 rings (SSSR count). The van der Waals surface area contributed by atoms with Crippen molar-refractivity contribution >= 4 is 35.2 Å². The zero-order valence-electron chi connectivity index (χ0n) is 17.5. The monoisotopic (exact) mass is 471 g/mol. The third-order valence-electron chi connectivity index (χ3n) is 5.21. The van der Waals surface area contributed by atoms with Crippen LogP contribution < -0.4 is 4.74 Å². The summed E-state index contributed by atoms with van der Waals surface area (Å²) < 4.78 is 6.85. The summed E-state index contributed by atoms with van der Waals surface area (Å²) >= 11 is 7.23.